The standard InChI is InChI=1S/C15H18INS/c1-2-17-15(7-6-12-8-9-18-11-12)13-4-3-5-14(16)10-13/h3-5,8-11,15,17H,2,6-7H2,1H3. The van der Waals surface area contributed by atoms with Crippen LogP contribution in [0.3, 0.4) is 0 Å². The second-order valence-electron chi connectivity index (χ2n) is 4.34. The molecule has 0 fully saturated rings. The molecule has 0 aliphatic rings. The van der Waals surface area contributed by atoms with E-state index in [1.54, 1.807) is 11.3 Å². The molecule has 0 aliphatic heterocycles. The number of nitrogens with one attached hydrogen (secondary N) is 1. The van der Waals surface area contributed by atoms with Gasteiger partial charge in [-0.2, -0.15) is 11.3 Å². The van der Waals surface area contributed by atoms with Crippen LogP contribution in [-0.4, -0.2) is 6.54 Å². The Morgan fingerprint density at radius 1 is 1.33 bits per heavy atom. The smallest absolute Gasteiger partial charge is 0.0323 e. The lowest BCUT2D eigenvalue weighted by Gasteiger charge is -2.18. The Morgan fingerprint density at radius 3 is 2.89 bits per heavy atom. The Labute approximate surface area is 127 Å². The number of rotatable bonds is 6. The Balaban J connectivity index is 2.03. The molecule has 0 amide bonds. The van der Waals surface area contributed by atoms with Crippen molar-refractivity contribution in [2.24, 2.45) is 0 Å². The average Bonchev–Trinajstić information content (AvgIpc) is 2.87. The quantitative estimate of drug-likeness (QED) is 0.730. The first-order valence-electron chi connectivity index (χ1n) is 6.29. The Hall–Kier alpha value is -0.390. The summed E-state index contributed by atoms with van der Waals surface area (Å²) in [5, 5.41) is 7.99. The van der Waals surface area contributed by atoms with Gasteiger partial charge in [-0.05, 0) is 82.1 Å². The van der Waals surface area contributed by atoms with Crippen LogP contribution in [0.1, 0.15) is 30.5 Å². The van der Waals surface area contributed by atoms with E-state index in [0.29, 0.717) is 6.04 Å². The van der Waals surface area contributed by atoms with Gasteiger partial charge in [0.05, 0.1) is 0 Å². The zero-order chi connectivity index (χ0) is 12.8. The highest BCUT2D eigenvalue weighted by Crippen LogP contribution is 2.21. The van der Waals surface area contributed by atoms with E-state index in [1.807, 2.05) is 0 Å². The number of thiophene rings is 1. The van der Waals surface area contributed by atoms with Gasteiger partial charge in [0.25, 0.3) is 0 Å². The lowest BCUT2D eigenvalue weighted by molar-refractivity contribution is 0.515. The third-order valence-electron chi connectivity index (χ3n) is 3.00. The minimum Gasteiger partial charge on any atom is -0.310 e. The van der Waals surface area contributed by atoms with E-state index in [1.165, 1.54) is 14.7 Å². The van der Waals surface area contributed by atoms with Crippen molar-refractivity contribution in [1.29, 1.82) is 0 Å². The van der Waals surface area contributed by atoms with Crippen LogP contribution in [0.15, 0.2) is 41.1 Å². The van der Waals surface area contributed by atoms with Crippen molar-refractivity contribution < 1.29 is 0 Å². The van der Waals surface area contributed by atoms with Gasteiger partial charge in [-0.1, -0.05) is 19.1 Å². The van der Waals surface area contributed by atoms with Crippen molar-refractivity contribution in [2.75, 3.05) is 6.54 Å². The summed E-state index contributed by atoms with van der Waals surface area (Å²) in [4.78, 5) is 0. The molecule has 0 saturated carbocycles. The molecule has 0 aliphatic carbocycles. The summed E-state index contributed by atoms with van der Waals surface area (Å²) in [5.74, 6) is 0. The molecule has 0 radical (unpaired) electrons. The van der Waals surface area contributed by atoms with Gasteiger partial charge in [0.2, 0.25) is 0 Å². The van der Waals surface area contributed by atoms with E-state index in [2.05, 4.69) is 75.9 Å². The van der Waals surface area contributed by atoms with E-state index in [4.69, 9.17) is 0 Å². The Bertz CT molecular complexity index is 467. The summed E-state index contributed by atoms with van der Waals surface area (Å²) in [7, 11) is 0. The summed E-state index contributed by atoms with van der Waals surface area (Å²) in [5.41, 5.74) is 2.85. The lowest BCUT2D eigenvalue weighted by atomic mass is 10.00. The number of benzene rings is 1. The zero-order valence-electron chi connectivity index (χ0n) is 10.5. The lowest BCUT2D eigenvalue weighted by Crippen LogP contribution is -2.21. The molecule has 1 heterocycles. The molecule has 1 N–H and O–H groups in total. The first kappa shape index (κ1) is 14.0. The maximum atomic E-state index is 3.59. The topological polar surface area (TPSA) is 12.0 Å². The predicted octanol–water partition coefficient (Wildman–Crippen LogP) is 4.64. The molecule has 0 bridgehead atoms. The maximum absolute atomic E-state index is 3.59. The molecule has 2 aromatic rings. The van der Waals surface area contributed by atoms with Gasteiger partial charge in [-0.3, -0.25) is 0 Å². The van der Waals surface area contributed by atoms with Crippen LogP contribution in [0.4, 0.5) is 0 Å². The van der Waals surface area contributed by atoms with Crippen molar-refractivity contribution in [3.05, 3.63) is 55.8 Å². The third kappa shape index (κ3) is 4.07. The summed E-state index contributed by atoms with van der Waals surface area (Å²) in [6, 6.07) is 11.5. The Morgan fingerprint density at radius 2 is 2.22 bits per heavy atom. The molecule has 1 aromatic carbocycles. The molecule has 1 atom stereocenters. The summed E-state index contributed by atoms with van der Waals surface area (Å²) >= 11 is 4.16. The highest BCUT2D eigenvalue weighted by molar-refractivity contribution is 14.1. The van der Waals surface area contributed by atoms with Gasteiger partial charge in [0.1, 0.15) is 0 Å². The molecule has 1 unspecified atom stereocenters. The van der Waals surface area contributed by atoms with Crippen LogP contribution < -0.4 is 5.32 Å². The first-order chi connectivity index (χ1) is 8.79. The molecule has 0 saturated heterocycles. The number of halogens is 1. The maximum Gasteiger partial charge on any atom is 0.0323 e. The van der Waals surface area contributed by atoms with E-state index in [9.17, 15) is 0 Å². The van der Waals surface area contributed by atoms with Crippen LogP contribution in [0.5, 0.6) is 0 Å². The Kier molecular flexibility index (Phi) is 5.66. The van der Waals surface area contributed by atoms with E-state index >= 15 is 0 Å². The molecule has 96 valence electrons. The van der Waals surface area contributed by atoms with E-state index < -0.39 is 0 Å². The molecule has 1 aromatic heterocycles. The van der Waals surface area contributed by atoms with Gasteiger partial charge in [0, 0.05) is 9.61 Å². The fourth-order valence-corrected chi connectivity index (χ4v) is 3.37. The molecular weight excluding hydrogens is 353 g/mol. The van der Waals surface area contributed by atoms with E-state index in [-0.39, 0.29) is 0 Å². The zero-order valence-corrected chi connectivity index (χ0v) is 13.5. The van der Waals surface area contributed by atoms with Gasteiger partial charge < -0.3 is 5.32 Å². The van der Waals surface area contributed by atoms with Gasteiger partial charge in [0.15, 0.2) is 0 Å². The number of hydrogen-bond acceptors (Lipinski definition) is 2. The van der Waals surface area contributed by atoms with Crippen LogP contribution in [0.2, 0.25) is 0 Å². The number of aryl methyl sites for hydroxylation is 1. The first-order valence-corrected chi connectivity index (χ1v) is 8.31. The highest BCUT2D eigenvalue weighted by atomic mass is 127. The highest BCUT2D eigenvalue weighted by Gasteiger charge is 2.10. The third-order valence-corrected chi connectivity index (χ3v) is 4.41. The molecule has 3 heteroatoms. The monoisotopic (exact) mass is 371 g/mol. The molecule has 0 spiro atoms. The van der Waals surface area contributed by atoms with Crippen molar-refractivity contribution >= 4 is 33.9 Å². The minimum atomic E-state index is 0.463. The predicted molar refractivity (Wildman–Crippen MR) is 88.2 cm³/mol. The fourth-order valence-electron chi connectivity index (χ4n) is 2.10. The molecule has 18 heavy (non-hydrogen) atoms. The summed E-state index contributed by atoms with van der Waals surface area (Å²) < 4.78 is 1.31. The van der Waals surface area contributed by atoms with Gasteiger partial charge in [-0.15, -0.1) is 0 Å². The second kappa shape index (κ2) is 7.26. The average molecular weight is 371 g/mol. The molecule has 2 rings (SSSR count). The van der Waals surface area contributed by atoms with Crippen LogP contribution in [-0.2, 0) is 6.42 Å². The van der Waals surface area contributed by atoms with Crippen LogP contribution in [0.25, 0.3) is 0 Å². The summed E-state index contributed by atoms with van der Waals surface area (Å²) in [6.45, 7) is 3.19. The normalized spacial score (nSPS) is 12.6. The fraction of sp³-hybridized carbons (Fsp3) is 0.333. The van der Waals surface area contributed by atoms with Crippen molar-refractivity contribution in [1.82, 2.24) is 5.32 Å². The largest absolute Gasteiger partial charge is 0.310 e. The minimum absolute atomic E-state index is 0.463. The van der Waals surface area contributed by atoms with Crippen molar-refractivity contribution in [3.63, 3.8) is 0 Å². The number of hydrogen-bond donors (Lipinski definition) is 1. The van der Waals surface area contributed by atoms with Crippen molar-refractivity contribution in [2.45, 2.75) is 25.8 Å². The van der Waals surface area contributed by atoms with Gasteiger partial charge >= 0.3 is 0 Å². The van der Waals surface area contributed by atoms with E-state index in [0.717, 1.165) is 19.4 Å². The summed E-state index contributed by atoms with van der Waals surface area (Å²) in [6.07, 6.45) is 2.30. The van der Waals surface area contributed by atoms with Crippen LogP contribution in [0, 0.1) is 3.57 Å². The second-order valence-corrected chi connectivity index (χ2v) is 6.36. The molecular formula is C15H18INS. The van der Waals surface area contributed by atoms with Crippen molar-refractivity contribution in [3.8, 4) is 0 Å². The molecule has 1 nitrogen and oxygen atoms in total. The van der Waals surface area contributed by atoms with Gasteiger partial charge in [-0.25, -0.2) is 0 Å². The SMILES string of the molecule is CCNC(CCc1ccsc1)c1cccc(I)c1. The van der Waals surface area contributed by atoms with Crippen LogP contribution >= 0.6 is 33.9 Å².